The van der Waals surface area contributed by atoms with Gasteiger partial charge in [-0.1, -0.05) is 13.3 Å². The van der Waals surface area contributed by atoms with Crippen molar-refractivity contribution < 1.29 is 14.7 Å². The van der Waals surface area contributed by atoms with Gasteiger partial charge in [0.2, 0.25) is 0 Å². The van der Waals surface area contributed by atoms with Gasteiger partial charge in [-0.2, -0.15) is 0 Å². The second kappa shape index (κ2) is 6.11. The maximum Gasteiger partial charge on any atom is 0.326 e. The Kier molecular flexibility index (Phi) is 4.45. The summed E-state index contributed by atoms with van der Waals surface area (Å²) in [6, 6.07) is 0.499. The molecular formula is C15H20N2O4. The number of aliphatic carboxylic acids is 1. The number of hydrogen-bond donors (Lipinski definition) is 2. The first-order valence-corrected chi connectivity index (χ1v) is 7.17. The molecule has 1 saturated heterocycles. The Morgan fingerprint density at radius 1 is 1.48 bits per heavy atom. The van der Waals surface area contributed by atoms with E-state index in [1.165, 1.54) is 17.2 Å². The highest BCUT2D eigenvalue weighted by atomic mass is 16.4. The Morgan fingerprint density at radius 3 is 2.76 bits per heavy atom. The minimum Gasteiger partial charge on any atom is -0.480 e. The number of carboxylic acid groups (broad SMARTS) is 1. The molecule has 6 nitrogen and oxygen atoms in total. The number of carbonyl (C=O) groups excluding carboxylic acids is 1. The lowest BCUT2D eigenvalue weighted by Gasteiger charge is -2.36. The molecule has 0 aliphatic carbocycles. The Labute approximate surface area is 122 Å². The van der Waals surface area contributed by atoms with Crippen LogP contribution in [-0.4, -0.2) is 39.5 Å². The number of likely N-dealkylation sites (tertiary alicyclic amines) is 1. The molecule has 1 aliphatic rings. The number of amides is 1. The molecule has 21 heavy (non-hydrogen) atoms. The third-order valence-electron chi connectivity index (χ3n) is 4.12. The number of H-pyrrole nitrogens is 1. The average molecular weight is 292 g/mol. The number of nitrogens with zero attached hydrogens (tertiary/aromatic N) is 1. The standard InChI is InChI=1S/C15H20N2O4/c1-3-10-4-5-17(12(7-10)15(20)21)14(19)11-8-16-9(2)6-13(11)18/h6,8,10,12H,3-5,7H2,1-2H3,(H,16,18)(H,20,21). The predicted octanol–water partition coefficient (Wildman–Crippen LogP) is 1.40. The van der Waals surface area contributed by atoms with Gasteiger partial charge in [0.15, 0.2) is 5.43 Å². The number of aromatic amines is 1. The summed E-state index contributed by atoms with van der Waals surface area (Å²) in [5.41, 5.74) is 0.288. The zero-order valence-corrected chi connectivity index (χ0v) is 12.3. The highest BCUT2D eigenvalue weighted by molar-refractivity contribution is 5.96. The number of aryl methyl sites for hydroxylation is 1. The first kappa shape index (κ1) is 15.3. The molecule has 0 saturated carbocycles. The van der Waals surface area contributed by atoms with Crippen molar-refractivity contribution in [3.05, 3.63) is 33.7 Å². The summed E-state index contributed by atoms with van der Waals surface area (Å²) < 4.78 is 0. The van der Waals surface area contributed by atoms with Gasteiger partial charge in [-0.05, 0) is 25.7 Å². The molecule has 2 heterocycles. The third-order valence-corrected chi connectivity index (χ3v) is 4.12. The zero-order valence-electron chi connectivity index (χ0n) is 12.3. The molecule has 1 fully saturated rings. The molecule has 0 bridgehead atoms. The molecule has 2 rings (SSSR count). The first-order valence-electron chi connectivity index (χ1n) is 7.17. The van der Waals surface area contributed by atoms with Crippen LogP contribution in [0.3, 0.4) is 0 Å². The van der Waals surface area contributed by atoms with Gasteiger partial charge in [0.25, 0.3) is 5.91 Å². The SMILES string of the molecule is CCC1CCN(C(=O)c2c[nH]c(C)cc2=O)C(C(=O)O)C1. The molecule has 1 aromatic rings. The van der Waals surface area contributed by atoms with Crippen molar-refractivity contribution in [2.45, 2.75) is 39.2 Å². The van der Waals surface area contributed by atoms with E-state index in [-0.39, 0.29) is 11.0 Å². The molecule has 0 spiro atoms. The van der Waals surface area contributed by atoms with E-state index in [4.69, 9.17) is 0 Å². The molecule has 0 radical (unpaired) electrons. The molecule has 2 atom stereocenters. The Bertz CT molecular complexity index is 608. The molecule has 114 valence electrons. The van der Waals surface area contributed by atoms with Gasteiger partial charge in [0.05, 0.1) is 0 Å². The van der Waals surface area contributed by atoms with Crippen LogP contribution in [0.15, 0.2) is 17.1 Å². The minimum absolute atomic E-state index is 0.00167. The normalized spacial score (nSPS) is 22.1. The maximum atomic E-state index is 12.5. The van der Waals surface area contributed by atoms with Gasteiger partial charge >= 0.3 is 5.97 Å². The van der Waals surface area contributed by atoms with Gasteiger partial charge < -0.3 is 15.0 Å². The van der Waals surface area contributed by atoms with Crippen LogP contribution in [0, 0.1) is 12.8 Å². The van der Waals surface area contributed by atoms with Crippen LogP contribution in [0.4, 0.5) is 0 Å². The molecule has 1 aliphatic heterocycles. The average Bonchev–Trinajstić information content (AvgIpc) is 2.46. The molecule has 2 unspecified atom stereocenters. The Balaban J connectivity index is 2.28. The summed E-state index contributed by atoms with van der Waals surface area (Å²) in [6.07, 6.45) is 3.48. The topological polar surface area (TPSA) is 90.5 Å². The van der Waals surface area contributed by atoms with Crippen molar-refractivity contribution in [2.24, 2.45) is 5.92 Å². The second-order valence-corrected chi connectivity index (χ2v) is 5.55. The number of rotatable bonds is 3. The lowest BCUT2D eigenvalue weighted by Crippen LogP contribution is -2.51. The fraction of sp³-hybridized carbons (Fsp3) is 0.533. The lowest BCUT2D eigenvalue weighted by atomic mass is 9.88. The molecule has 1 aromatic heterocycles. The van der Waals surface area contributed by atoms with Crippen molar-refractivity contribution in [2.75, 3.05) is 6.54 Å². The van der Waals surface area contributed by atoms with Gasteiger partial charge in [-0.15, -0.1) is 0 Å². The quantitative estimate of drug-likeness (QED) is 0.881. The van der Waals surface area contributed by atoms with Crippen LogP contribution in [0.5, 0.6) is 0 Å². The highest BCUT2D eigenvalue weighted by Gasteiger charge is 2.36. The maximum absolute atomic E-state index is 12.5. The smallest absolute Gasteiger partial charge is 0.326 e. The monoisotopic (exact) mass is 292 g/mol. The number of pyridine rings is 1. The number of piperidine rings is 1. The van der Waals surface area contributed by atoms with Crippen molar-refractivity contribution in [1.29, 1.82) is 0 Å². The van der Waals surface area contributed by atoms with E-state index in [0.717, 1.165) is 12.8 Å². The van der Waals surface area contributed by atoms with E-state index in [9.17, 15) is 19.5 Å². The largest absolute Gasteiger partial charge is 0.480 e. The van der Waals surface area contributed by atoms with Crippen LogP contribution >= 0.6 is 0 Å². The second-order valence-electron chi connectivity index (χ2n) is 5.55. The van der Waals surface area contributed by atoms with Crippen molar-refractivity contribution in [1.82, 2.24) is 9.88 Å². The lowest BCUT2D eigenvalue weighted by molar-refractivity contribution is -0.144. The summed E-state index contributed by atoms with van der Waals surface area (Å²) >= 11 is 0. The summed E-state index contributed by atoms with van der Waals surface area (Å²) in [6.45, 7) is 4.12. The summed E-state index contributed by atoms with van der Waals surface area (Å²) in [5, 5.41) is 9.35. The molecule has 0 aromatic carbocycles. The fourth-order valence-corrected chi connectivity index (χ4v) is 2.78. The first-order chi connectivity index (χ1) is 9.93. The zero-order chi connectivity index (χ0) is 15.6. The Morgan fingerprint density at radius 2 is 2.19 bits per heavy atom. The highest BCUT2D eigenvalue weighted by Crippen LogP contribution is 2.26. The van der Waals surface area contributed by atoms with Gasteiger partial charge in [-0.3, -0.25) is 9.59 Å². The van der Waals surface area contributed by atoms with Crippen molar-refractivity contribution >= 4 is 11.9 Å². The van der Waals surface area contributed by atoms with E-state index in [1.807, 2.05) is 6.92 Å². The molecular weight excluding hydrogens is 272 g/mol. The van der Waals surface area contributed by atoms with Crippen LogP contribution in [0.1, 0.15) is 42.2 Å². The molecule has 6 heteroatoms. The summed E-state index contributed by atoms with van der Waals surface area (Å²) in [7, 11) is 0. The van der Waals surface area contributed by atoms with E-state index in [1.54, 1.807) is 6.92 Å². The van der Waals surface area contributed by atoms with E-state index in [2.05, 4.69) is 4.98 Å². The number of carboxylic acids is 1. The van der Waals surface area contributed by atoms with Gasteiger partial charge in [-0.25, -0.2) is 4.79 Å². The Hall–Kier alpha value is -2.11. The van der Waals surface area contributed by atoms with Crippen LogP contribution in [0.2, 0.25) is 0 Å². The van der Waals surface area contributed by atoms with E-state index < -0.39 is 17.9 Å². The van der Waals surface area contributed by atoms with Crippen molar-refractivity contribution in [3.63, 3.8) is 0 Å². The number of hydrogen-bond acceptors (Lipinski definition) is 3. The molecule has 1 amide bonds. The number of carbonyl (C=O) groups is 2. The predicted molar refractivity (Wildman–Crippen MR) is 77.3 cm³/mol. The number of aromatic nitrogens is 1. The molecule has 2 N–H and O–H groups in total. The summed E-state index contributed by atoms with van der Waals surface area (Å²) in [5.74, 6) is -1.20. The van der Waals surface area contributed by atoms with E-state index >= 15 is 0 Å². The third kappa shape index (κ3) is 3.15. The number of nitrogens with one attached hydrogen (secondary N) is 1. The van der Waals surface area contributed by atoms with Crippen LogP contribution in [-0.2, 0) is 4.79 Å². The van der Waals surface area contributed by atoms with Gasteiger partial charge in [0.1, 0.15) is 11.6 Å². The fourth-order valence-electron chi connectivity index (χ4n) is 2.78. The minimum atomic E-state index is -1.01. The van der Waals surface area contributed by atoms with E-state index in [0.29, 0.717) is 24.6 Å². The summed E-state index contributed by atoms with van der Waals surface area (Å²) in [4.78, 5) is 40.0. The van der Waals surface area contributed by atoms with Crippen molar-refractivity contribution in [3.8, 4) is 0 Å². The van der Waals surface area contributed by atoms with Gasteiger partial charge in [0, 0.05) is 24.5 Å². The van der Waals surface area contributed by atoms with Crippen LogP contribution in [0.25, 0.3) is 0 Å². The van der Waals surface area contributed by atoms with Crippen LogP contribution < -0.4 is 5.43 Å².